The van der Waals surface area contributed by atoms with Crippen LogP contribution in [0.15, 0.2) is 58.0 Å². The topological polar surface area (TPSA) is 169 Å². The highest BCUT2D eigenvalue weighted by Gasteiger charge is 2.22. The predicted octanol–water partition coefficient (Wildman–Crippen LogP) is 4.53. The first-order chi connectivity index (χ1) is 19.8. The number of aliphatic hydroxyl groups excluding tert-OH is 2. The number of pyridine rings is 1. The molecule has 4 aromatic rings. The number of carbonyl (C=O) groups excluding carboxylic acids is 1. The van der Waals surface area contributed by atoms with Crippen molar-refractivity contribution in [3.05, 3.63) is 82.5 Å². The summed E-state index contributed by atoms with van der Waals surface area (Å²) in [5.41, 5.74) is 9.04. The third-order valence-electron chi connectivity index (χ3n) is 5.98. The third kappa shape index (κ3) is 6.48. The number of oxazole rings is 1. The minimum Gasteiger partial charge on any atom is -0.491 e. The van der Waals surface area contributed by atoms with E-state index < -0.39 is 18.7 Å². The summed E-state index contributed by atoms with van der Waals surface area (Å²) >= 11 is 1.24. The first-order valence-corrected chi connectivity index (χ1v) is 13.2. The van der Waals surface area contributed by atoms with Crippen LogP contribution in [-0.2, 0) is 10.5 Å². The molecule has 11 nitrogen and oxygen atoms in total. The third-order valence-corrected chi connectivity index (χ3v) is 6.96. The number of nitrogens with two attached hydrogens (primary N) is 1. The minimum atomic E-state index is -1.01. The van der Waals surface area contributed by atoms with E-state index in [1.165, 1.54) is 18.9 Å². The van der Waals surface area contributed by atoms with E-state index in [0.717, 1.165) is 0 Å². The number of ether oxygens (including phenoxy) is 2. The molecule has 41 heavy (non-hydrogen) atoms. The molecular formula is C29H25N5O6S. The van der Waals surface area contributed by atoms with Crippen molar-refractivity contribution in [3.8, 4) is 34.4 Å². The van der Waals surface area contributed by atoms with Crippen molar-refractivity contribution in [2.75, 3.05) is 26.1 Å². The maximum Gasteiger partial charge on any atom is 0.337 e. The quantitative estimate of drug-likeness (QED) is 0.139. The molecule has 2 aromatic carbocycles. The molecule has 0 fully saturated rings. The van der Waals surface area contributed by atoms with Crippen molar-refractivity contribution >= 4 is 29.2 Å². The molecule has 2 aromatic heterocycles. The molecule has 1 atom stereocenters. The summed E-state index contributed by atoms with van der Waals surface area (Å²) in [5.74, 6) is 1.26. The number of rotatable bonds is 10. The molecule has 0 saturated heterocycles. The van der Waals surface area contributed by atoms with Crippen molar-refractivity contribution < 1.29 is 28.9 Å². The lowest BCUT2D eigenvalue weighted by Crippen LogP contribution is -2.21. The van der Waals surface area contributed by atoms with Gasteiger partial charge in [0, 0.05) is 16.9 Å². The lowest BCUT2D eigenvalue weighted by Gasteiger charge is -2.14. The van der Waals surface area contributed by atoms with Gasteiger partial charge in [-0.05, 0) is 48.9 Å². The van der Waals surface area contributed by atoms with Crippen LogP contribution in [0.25, 0.3) is 27.4 Å². The van der Waals surface area contributed by atoms with Crippen LogP contribution < -0.4 is 10.5 Å². The number of carbonyl (C=O) groups is 1. The maximum absolute atomic E-state index is 11.7. The minimum absolute atomic E-state index is 0.00819. The largest absolute Gasteiger partial charge is 0.491 e. The number of hydrogen-bond acceptors (Lipinski definition) is 11. The summed E-state index contributed by atoms with van der Waals surface area (Å²) in [5, 5.41) is 28.9. The van der Waals surface area contributed by atoms with Gasteiger partial charge in [0.05, 0.1) is 37.1 Å². The lowest BCUT2D eigenvalue weighted by molar-refractivity contribution is 0.0536. The predicted molar refractivity (Wildman–Crippen MR) is 151 cm³/mol. The first-order valence-electron chi connectivity index (χ1n) is 12.2. The standard InChI is InChI=1S/C29H25N5O6S/c1-16-23(33-27(40-16)18-4-6-19(7-5-18)29(37)38-3)15-41-28-22(12-30)24(25(32-2)26(31)34-28)17-8-10-21(11-9-17)39-14-20(36)13-35/h4-11,20,35-36H,13-15H2,1,3H3,(H2,31,34)/t20-/m0/s1. The second kappa shape index (κ2) is 13.0. The summed E-state index contributed by atoms with van der Waals surface area (Å²) in [7, 11) is 1.32. The lowest BCUT2D eigenvalue weighted by atomic mass is 10.00. The molecule has 0 bridgehead atoms. The summed E-state index contributed by atoms with van der Waals surface area (Å²) in [6.45, 7) is 8.92. The molecule has 0 aliphatic heterocycles. The van der Waals surface area contributed by atoms with E-state index in [2.05, 4.69) is 20.9 Å². The molecule has 0 unspecified atom stereocenters. The Morgan fingerprint density at radius 1 is 1.20 bits per heavy atom. The van der Waals surface area contributed by atoms with Crippen molar-refractivity contribution in [2.24, 2.45) is 0 Å². The normalized spacial score (nSPS) is 11.4. The highest BCUT2D eigenvalue weighted by molar-refractivity contribution is 7.98. The second-order valence-electron chi connectivity index (χ2n) is 8.68. The molecule has 0 aliphatic carbocycles. The summed E-state index contributed by atoms with van der Waals surface area (Å²) in [6, 6.07) is 15.5. The van der Waals surface area contributed by atoms with Crippen molar-refractivity contribution in [1.29, 1.82) is 5.26 Å². The van der Waals surface area contributed by atoms with Crippen LogP contribution in [-0.4, -0.2) is 52.6 Å². The number of nitriles is 1. The van der Waals surface area contributed by atoms with Crippen molar-refractivity contribution in [1.82, 2.24) is 9.97 Å². The Hall–Kier alpha value is -4.88. The van der Waals surface area contributed by atoms with Crippen LogP contribution in [0.3, 0.4) is 0 Å². The maximum atomic E-state index is 11.7. The van der Waals surface area contributed by atoms with Gasteiger partial charge in [-0.25, -0.2) is 19.6 Å². The smallest absolute Gasteiger partial charge is 0.337 e. The Morgan fingerprint density at radius 3 is 2.49 bits per heavy atom. The van der Waals surface area contributed by atoms with E-state index in [1.807, 2.05) is 0 Å². The van der Waals surface area contributed by atoms with E-state index >= 15 is 0 Å². The van der Waals surface area contributed by atoms with Gasteiger partial charge < -0.3 is 29.8 Å². The van der Waals surface area contributed by atoms with Crippen LogP contribution in [0.5, 0.6) is 5.75 Å². The fourth-order valence-corrected chi connectivity index (χ4v) is 4.82. The van der Waals surface area contributed by atoms with Gasteiger partial charge in [-0.2, -0.15) is 5.26 Å². The highest BCUT2D eigenvalue weighted by atomic mass is 32.2. The number of thioether (sulfide) groups is 1. The Morgan fingerprint density at radius 2 is 1.88 bits per heavy atom. The molecule has 4 rings (SSSR count). The molecule has 2 heterocycles. The van der Waals surface area contributed by atoms with Gasteiger partial charge in [0.15, 0.2) is 0 Å². The Labute approximate surface area is 240 Å². The second-order valence-corrected chi connectivity index (χ2v) is 9.64. The monoisotopic (exact) mass is 571 g/mol. The number of esters is 1. The number of aryl methyl sites for hydroxylation is 1. The molecule has 0 radical (unpaired) electrons. The summed E-state index contributed by atoms with van der Waals surface area (Å²) < 4.78 is 16.0. The van der Waals surface area contributed by atoms with Gasteiger partial charge in [-0.15, -0.1) is 0 Å². The molecule has 12 heteroatoms. The van der Waals surface area contributed by atoms with Gasteiger partial charge in [0.25, 0.3) is 0 Å². The highest BCUT2D eigenvalue weighted by Crippen LogP contribution is 2.42. The molecule has 0 saturated carbocycles. The number of aliphatic hydroxyl groups is 2. The molecule has 0 spiro atoms. The van der Waals surface area contributed by atoms with Crippen LogP contribution in [0.1, 0.15) is 27.4 Å². The number of nitrogens with zero attached hydrogens (tertiary/aromatic N) is 4. The fraction of sp³-hybridized carbons (Fsp3) is 0.207. The molecule has 0 amide bonds. The summed E-state index contributed by atoms with van der Waals surface area (Å²) in [4.78, 5) is 24.2. The molecule has 4 N–H and O–H groups in total. The van der Waals surface area contributed by atoms with Crippen molar-refractivity contribution in [2.45, 2.75) is 23.8 Å². The van der Waals surface area contributed by atoms with Gasteiger partial charge in [0.1, 0.15) is 41.1 Å². The number of methoxy groups -OCH3 is 1. The van der Waals surface area contributed by atoms with Crippen LogP contribution in [0.2, 0.25) is 0 Å². The van der Waals surface area contributed by atoms with Crippen molar-refractivity contribution in [3.63, 3.8) is 0 Å². The van der Waals surface area contributed by atoms with Crippen LogP contribution in [0.4, 0.5) is 11.5 Å². The van der Waals surface area contributed by atoms with Gasteiger partial charge in [-0.3, -0.25) is 0 Å². The number of aromatic nitrogens is 2. The number of anilines is 1. The van der Waals surface area contributed by atoms with E-state index in [9.17, 15) is 15.2 Å². The first kappa shape index (κ1) is 29.1. The van der Waals surface area contributed by atoms with Gasteiger partial charge in [-0.1, -0.05) is 23.9 Å². The van der Waals surface area contributed by atoms with E-state index in [4.69, 9.17) is 31.3 Å². The molecule has 0 aliphatic rings. The van der Waals surface area contributed by atoms with Gasteiger partial charge >= 0.3 is 5.97 Å². The average Bonchev–Trinajstić information content (AvgIpc) is 3.38. The Balaban J connectivity index is 1.60. The zero-order chi connectivity index (χ0) is 29.5. The van der Waals surface area contributed by atoms with E-state index in [0.29, 0.717) is 56.1 Å². The summed E-state index contributed by atoms with van der Waals surface area (Å²) in [6.07, 6.45) is -1.01. The van der Waals surface area contributed by atoms with Crippen LogP contribution >= 0.6 is 11.8 Å². The van der Waals surface area contributed by atoms with E-state index in [-0.39, 0.29) is 23.7 Å². The van der Waals surface area contributed by atoms with Crippen LogP contribution in [0, 0.1) is 24.8 Å². The van der Waals surface area contributed by atoms with E-state index in [1.54, 1.807) is 55.5 Å². The zero-order valence-corrected chi connectivity index (χ0v) is 22.9. The number of benzene rings is 2. The Kier molecular flexibility index (Phi) is 9.22. The Bertz CT molecular complexity index is 1640. The molecular weight excluding hydrogens is 546 g/mol. The number of nitrogen functional groups attached to an aromatic ring is 1. The number of hydrogen-bond donors (Lipinski definition) is 3. The molecule has 208 valence electrons. The fourth-order valence-electron chi connectivity index (χ4n) is 3.83. The zero-order valence-electron chi connectivity index (χ0n) is 22.1. The SMILES string of the molecule is [C-]#[N+]c1c(N)nc(SCc2nc(-c3ccc(C(=O)OC)cc3)oc2C)c(C#N)c1-c1ccc(OC[C@@H](O)CO)cc1. The average molecular weight is 572 g/mol. The van der Waals surface area contributed by atoms with Gasteiger partial charge in [0.2, 0.25) is 11.6 Å².